The van der Waals surface area contributed by atoms with Gasteiger partial charge in [0.25, 0.3) is 0 Å². The Morgan fingerprint density at radius 2 is 1.84 bits per heavy atom. The number of rotatable bonds is 6. The Kier molecular flexibility index (Phi) is 12.2. The molecule has 0 saturated heterocycles. The number of halogens is 1. The van der Waals surface area contributed by atoms with Gasteiger partial charge >= 0.3 is 0 Å². The topological polar surface area (TPSA) is 49.8 Å². The number of aryl methyl sites for hydroxylation is 1. The average molecular weight is 435 g/mol. The SMILES string of the molecule is C#C/C=C/NCCNc1nc(-c2ccc(Cl)cc2C)nc2ccccc12.C=CC.CC. The van der Waals surface area contributed by atoms with Crippen LogP contribution in [-0.2, 0) is 0 Å². The summed E-state index contributed by atoms with van der Waals surface area (Å²) >= 11 is 6.07. The Bertz CT molecular complexity index is 1040. The van der Waals surface area contributed by atoms with Crippen LogP contribution in [0.2, 0.25) is 5.02 Å². The first kappa shape index (κ1) is 25.7. The minimum absolute atomic E-state index is 0.681. The molecular formula is C26H31ClN4. The van der Waals surface area contributed by atoms with E-state index in [1.54, 1.807) is 18.4 Å². The van der Waals surface area contributed by atoms with E-state index in [1.165, 1.54) is 0 Å². The van der Waals surface area contributed by atoms with Crippen molar-refractivity contribution in [2.24, 2.45) is 0 Å². The van der Waals surface area contributed by atoms with Crippen molar-refractivity contribution in [1.29, 1.82) is 0 Å². The van der Waals surface area contributed by atoms with Crippen LogP contribution in [0.4, 0.5) is 5.82 Å². The second kappa shape index (κ2) is 14.7. The van der Waals surface area contributed by atoms with E-state index in [1.807, 2.05) is 70.2 Å². The van der Waals surface area contributed by atoms with Gasteiger partial charge in [0.05, 0.1) is 5.52 Å². The zero-order valence-corrected chi connectivity index (χ0v) is 19.5. The van der Waals surface area contributed by atoms with Gasteiger partial charge < -0.3 is 10.6 Å². The molecule has 162 valence electrons. The minimum atomic E-state index is 0.681. The van der Waals surface area contributed by atoms with E-state index < -0.39 is 0 Å². The van der Waals surface area contributed by atoms with Crippen molar-refractivity contribution in [2.75, 3.05) is 18.4 Å². The van der Waals surface area contributed by atoms with Crippen LogP contribution in [0.5, 0.6) is 0 Å². The maximum absolute atomic E-state index is 6.07. The fourth-order valence-corrected chi connectivity index (χ4v) is 2.88. The highest BCUT2D eigenvalue weighted by Gasteiger charge is 2.11. The molecule has 0 aliphatic carbocycles. The summed E-state index contributed by atoms with van der Waals surface area (Å²) in [6, 6.07) is 13.7. The predicted molar refractivity (Wildman–Crippen MR) is 136 cm³/mol. The van der Waals surface area contributed by atoms with E-state index in [0.717, 1.165) is 34.4 Å². The van der Waals surface area contributed by atoms with Crippen LogP contribution in [-0.4, -0.2) is 23.1 Å². The molecule has 0 aliphatic rings. The summed E-state index contributed by atoms with van der Waals surface area (Å²) in [6.07, 6.45) is 10.3. The Hall–Kier alpha value is -3.29. The van der Waals surface area contributed by atoms with Crippen molar-refractivity contribution in [1.82, 2.24) is 15.3 Å². The lowest BCUT2D eigenvalue weighted by Crippen LogP contribution is -2.18. The van der Waals surface area contributed by atoms with Gasteiger partial charge in [0, 0.05) is 41.3 Å². The van der Waals surface area contributed by atoms with Crippen LogP contribution in [0.25, 0.3) is 22.3 Å². The summed E-state index contributed by atoms with van der Waals surface area (Å²) in [6.45, 7) is 12.7. The van der Waals surface area contributed by atoms with Gasteiger partial charge in [0.2, 0.25) is 0 Å². The molecule has 5 heteroatoms. The quantitative estimate of drug-likeness (QED) is 0.260. The predicted octanol–water partition coefficient (Wildman–Crippen LogP) is 6.63. The fourth-order valence-electron chi connectivity index (χ4n) is 2.65. The van der Waals surface area contributed by atoms with Crippen molar-refractivity contribution >= 4 is 28.3 Å². The number of aromatic nitrogens is 2. The van der Waals surface area contributed by atoms with E-state index in [4.69, 9.17) is 28.0 Å². The van der Waals surface area contributed by atoms with Crippen molar-refractivity contribution in [3.05, 3.63) is 78.0 Å². The van der Waals surface area contributed by atoms with Gasteiger partial charge in [0.15, 0.2) is 5.82 Å². The van der Waals surface area contributed by atoms with Gasteiger partial charge in [0.1, 0.15) is 5.82 Å². The van der Waals surface area contributed by atoms with E-state index in [-0.39, 0.29) is 0 Å². The standard InChI is InChI=1S/C21H19ClN4.C3H6.C2H6/c1-3-4-11-23-12-13-24-20-18-7-5-6-8-19(18)25-21(26-20)17-10-9-16(22)14-15(17)2;1-3-2;1-2/h1,4-11,14,23H,12-13H2,2H3,(H,24,25,26);3H,1H2,2H3;1-2H3/b11-4+;;. The largest absolute Gasteiger partial charge is 0.389 e. The van der Waals surface area contributed by atoms with Crippen LogP contribution in [0.1, 0.15) is 26.3 Å². The maximum Gasteiger partial charge on any atom is 0.162 e. The van der Waals surface area contributed by atoms with Crippen molar-refractivity contribution in [3.63, 3.8) is 0 Å². The monoisotopic (exact) mass is 434 g/mol. The molecule has 0 fully saturated rings. The Morgan fingerprint density at radius 3 is 2.52 bits per heavy atom. The number of terminal acetylenes is 1. The van der Waals surface area contributed by atoms with E-state index in [0.29, 0.717) is 17.4 Å². The third-order valence-corrected chi connectivity index (χ3v) is 4.13. The number of fused-ring (bicyclic) bond motifs is 1. The van der Waals surface area contributed by atoms with Crippen LogP contribution < -0.4 is 10.6 Å². The number of hydrogen-bond acceptors (Lipinski definition) is 4. The van der Waals surface area contributed by atoms with Crippen molar-refractivity contribution < 1.29 is 0 Å². The van der Waals surface area contributed by atoms with E-state index in [9.17, 15) is 0 Å². The minimum Gasteiger partial charge on any atom is -0.389 e. The van der Waals surface area contributed by atoms with Crippen molar-refractivity contribution in [3.8, 4) is 23.7 Å². The molecule has 3 rings (SSSR count). The van der Waals surface area contributed by atoms with Crippen LogP contribution in [0, 0.1) is 19.3 Å². The maximum atomic E-state index is 6.07. The molecule has 1 heterocycles. The second-order valence-electron chi connectivity index (χ2n) is 6.16. The summed E-state index contributed by atoms with van der Waals surface area (Å²) in [5, 5.41) is 8.20. The number of nitrogens with zero attached hydrogens (tertiary/aromatic N) is 2. The lowest BCUT2D eigenvalue weighted by molar-refractivity contribution is 0.867. The van der Waals surface area contributed by atoms with Crippen molar-refractivity contribution in [2.45, 2.75) is 27.7 Å². The molecule has 0 bridgehead atoms. The molecule has 4 nitrogen and oxygen atoms in total. The third kappa shape index (κ3) is 8.16. The first-order valence-electron chi connectivity index (χ1n) is 10.3. The van der Waals surface area contributed by atoms with Crippen LogP contribution >= 0.6 is 11.6 Å². The normalized spacial score (nSPS) is 9.68. The first-order valence-corrected chi connectivity index (χ1v) is 10.7. The molecule has 0 aliphatic heterocycles. The molecular weight excluding hydrogens is 404 g/mol. The number of hydrogen-bond donors (Lipinski definition) is 2. The molecule has 2 aromatic carbocycles. The number of allylic oxidation sites excluding steroid dienone is 2. The second-order valence-corrected chi connectivity index (χ2v) is 6.60. The van der Waals surface area contributed by atoms with E-state index >= 15 is 0 Å². The molecule has 0 spiro atoms. The lowest BCUT2D eigenvalue weighted by atomic mass is 10.1. The molecule has 0 saturated carbocycles. The third-order valence-electron chi connectivity index (χ3n) is 3.89. The number of para-hydroxylation sites is 1. The summed E-state index contributed by atoms with van der Waals surface area (Å²) in [5.41, 5.74) is 2.91. The van der Waals surface area contributed by atoms with Crippen LogP contribution in [0.15, 0.2) is 67.4 Å². The molecule has 2 N–H and O–H groups in total. The lowest BCUT2D eigenvalue weighted by Gasteiger charge is -2.12. The highest BCUT2D eigenvalue weighted by Crippen LogP contribution is 2.28. The highest BCUT2D eigenvalue weighted by atomic mass is 35.5. The Balaban J connectivity index is 0.000000884. The van der Waals surface area contributed by atoms with Gasteiger partial charge in [-0.05, 0) is 49.7 Å². The number of nitrogens with one attached hydrogen (secondary N) is 2. The zero-order chi connectivity index (χ0) is 23.1. The first-order chi connectivity index (χ1) is 15.1. The van der Waals surface area contributed by atoms with Gasteiger partial charge in [-0.25, -0.2) is 9.97 Å². The van der Waals surface area contributed by atoms with Gasteiger partial charge in [-0.1, -0.05) is 49.6 Å². The number of anilines is 1. The average Bonchev–Trinajstić information content (AvgIpc) is 2.78. The summed E-state index contributed by atoms with van der Waals surface area (Å²) in [4.78, 5) is 9.47. The molecule has 0 amide bonds. The highest BCUT2D eigenvalue weighted by molar-refractivity contribution is 6.30. The zero-order valence-electron chi connectivity index (χ0n) is 18.7. The van der Waals surface area contributed by atoms with Gasteiger partial charge in [-0.15, -0.1) is 13.0 Å². The summed E-state index contributed by atoms with van der Waals surface area (Å²) in [5.74, 6) is 3.93. The summed E-state index contributed by atoms with van der Waals surface area (Å²) < 4.78 is 0. The molecule has 0 atom stereocenters. The fraction of sp³-hybridized carbons (Fsp3) is 0.231. The molecule has 0 radical (unpaired) electrons. The van der Waals surface area contributed by atoms with Crippen LogP contribution in [0.3, 0.4) is 0 Å². The smallest absolute Gasteiger partial charge is 0.162 e. The Morgan fingerprint density at radius 1 is 1.13 bits per heavy atom. The van der Waals surface area contributed by atoms with Gasteiger partial charge in [-0.3, -0.25) is 0 Å². The molecule has 1 aromatic heterocycles. The molecule has 31 heavy (non-hydrogen) atoms. The molecule has 0 unspecified atom stereocenters. The van der Waals surface area contributed by atoms with E-state index in [2.05, 4.69) is 23.1 Å². The Labute approximate surface area is 191 Å². The molecule has 3 aromatic rings. The summed E-state index contributed by atoms with van der Waals surface area (Å²) in [7, 11) is 0. The number of benzene rings is 2. The van der Waals surface area contributed by atoms with Gasteiger partial charge in [-0.2, -0.15) is 0 Å².